The van der Waals surface area contributed by atoms with Crippen LogP contribution in [-0.2, 0) is 15.3 Å². The van der Waals surface area contributed by atoms with E-state index in [4.69, 9.17) is 4.74 Å². The maximum absolute atomic E-state index is 14.0. The van der Waals surface area contributed by atoms with Gasteiger partial charge in [-0.25, -0.2) is 8.78 Å². The Morgan fingerprint density at radius 1 is 1.03 bits per heavy atom. The average molecular weight is 566 g/mol. The minimum atomic E-state index is -1.02. The molecule has 1 atom stereocenters. The van der Waals surface area contributed by atoms with Crippen molar-refractivity contribution in [3.05, 3.63) is 107 Å². The summed E-state index contributed by atoms with van der Waals surface area (Å²) in [4.78, 5) is 27.8. The van der Waals surface area contributed by atoms with Gasteiger partial charge < -0.3 is 9.84 Å². The van der Waals surface area contributed by atoms with Crippen molar-refractivity contribution >= 4 is 45.7 Å². The first-order chi connectivity index (χ1) is 18.9. The van der Waals surface area contributed by atoms with E-state index < -0.39 is 29.3 Å². The Kier molecular flexibility index (Phi) is 7.71. The number of hydrogen-bond acceptors (Lipinski definition) is 8. The second kappa shape index (κ2) is 11.3. The fraction of sp³-hybridized carbons (Fsp3) is 0.143. The van der Waals surface area contributed by atoms with Crippen LogP contribution < -0.4 is 9.64 Å². The van der Waals surface area contributed by atoms with Gasteiger partial charge in [0.05, 0.1) is 18.2 Å². The van der Waals surface area contributed by atoms with Gasteiger partial charge in [-0.1, -0.05) is 53.4 Å². The van der Waals surface area contributed by atoms with Crippen molar-refractivity contribution < 1.29 is 28.2 Å². The Bertz CT molecular complexity index is 1560. The number of thioether (sulfide) groups is 1. The predicted molar refractivity (Wildman–Crippen MR) is 145 cm³/mol. The number of rotatable bonds is 8. The molecule has 1 amide bonds. The summed E-state index contributed by atoms with van der Waals surface area (Å²) < 4.78 is 33.5. The topological polar surface area (TPSA) is 92.6 Å². The molecule has 5 rings (SSSR count). The lowest BCUT2D eigenvalue weighted by atomic mass is 9.95. The molecule has 198 valence electrons. The largest absolute Gasteiger partial charge is 0.507 e. The molecule has 0 spiro atoms. The Labute approximate surface area is 230 Å². The third-order valence-corrected chi connectivity index (χ3v) is 8.08. The summed E-state index contributed by atoms with van der Waals surface area (Å²) in [6.07, 6.45) is 0. The third-order valence-electron chi connectivity index (χ3n) is 5.98. The normalized spacial score (nSPS) is 16.6. The van der Waals surface area contributed by atoms with Crippen LogP contribution >= 0.6 is 23.1 Å². The van der Waals surface area contributed by atoms with Gasteiger partial charge in [0.15, 0.2) is 4.34 Å². The Morgan fingerprint density at radius 2 is 1.74 bits per heavy atom. The average Bonchev–Trinajstić information content (AvgIpc) is 3.51. The number of nitrogens with zero attached hydrogens (tertiary/aromatic N) is 3. The van der Waals surface area contributed by atoms with Gasteiger partial charge in [-0.15, -0.1) is 10.2 Å². The molecule has 1 aliphatic heterocycles. The second-order valence-electron chi connectivity index (χ2n) is 8.41. The van der Waals surface area contributed by atoms with Gasteiger partial charge in [-0.2, -0.15) is 0 Å². The first-order valence-electron chi connectivity index (χ1n) is 11.9. The number of halogens is 2. The fourth-order valence-electron chi connectivity index (χ4n) is 4.13. The van der Waals surface area contributed by atoms with Crippen LogP contribution in [0, 0.1) is 11.6 Å². The van der Waals surface area contributed by atoms with Crippen molar-refractivity contribution in [2.24, 2.45) is 0 Å². The van der Waals surface area contributed by atoms with Gasteiger partial charge in [0.1, 0.15) is 23.1 Å². The number of amides is 1. The molecular formula is C28H21F2N3O4S2. The molecular weight excluding hydrogens is 544 g/mol. The van der Waals surface area contributed by atoms with Crippen LogP contribution in [0.3, 0.4) is 0 Å². The number of ketones is 1. The second-order valence-corrected chi connectivity index (χ2v) is 10.6. The van der Waals surface area contributed by atoms with Gasteiger partial charge in [0.25, 0.3) is 5.78 Å². The molecule has 0 aliphatic carbocycles. The van der Waals surface area contributed by atoms with Crippen molar-refractivity contribution in [1.82, 2.24) is 10.2 Å². The molecule has 1 unspecified atom stereocenters. The van der Waals surface area contributed by atoms with Crippen LogP contribution in [0.4, 0.5) is 13.9 Å². The number of carbonyl (C=O) groups excluding carboxylic acids is 2. The number of hydrogen-bond donors (Lipinski definition) is 1. The molecule has 1 N–H and O–H groups in total. The summed E-state index contributed by atoms with van der Waals surface area (Å²) >= 11 is 2.32. The van der Waals surface area contributed by atoms with Crippen molar-refractivity contribution in [2.45, 2.75) is 23.1 Å². The molecule has 4 aromatic rings. The van der Waals surface area contributed by atoms with Crippen molar-refractivity contribution in [3.8, 4) is 5.75 Å². The van der Waals surface area contributed by atoms with Crippen LogP contribution in [0.5, 0.6) is 5.75 Å². The summed E-state index contributed by atoms with van der Waals surface area (Å²) in [6, 6.07) is 17.1. The lowest BCUT2D eigenvalue weighted by Gasteiger charge is -2.22. The van der Waals surface area contributed by atoms with E-state index in [0.29, 0.717) is 33.6 Å². The smallest absolute Gasteiger partial charge is 0.301 e. The molecule has 1 aromatic heterocycles. The highest BCUT2D eigenvalue weighted by Gasteiger charge is 2.48. The van der Waals surface area contributed by atoms with Gasteiger partial charge in [-0.3, -0.25) is 14.5 Å². The molecule has 0 radical (unpaired) electrons. The number of benzene rings is 3. The summed E-state index contributed by atoms with van der Waals surface area (Å²) in [5.41, 5.74) is 1.04. The highest BCUT2D eigenvalue weighted by atomic mass is 32.2. The molecule has 0 saturated carbocycles. The summed E-state index contributed by atoms with van der Waals surface area (Å²) in [5, 5.41) is 19.6. The Balaban J connectivity index is 1.54. The van der Waals surface area contributed by atoms with E-state index in [0.717, 1.165) is 23.5 Å². The molecule has 2 heterocycles. The van der Waals surface area contributed by atoms with E-state index in [1.54, 1.807) is 42.5 Å². The minimum absolute atomic E-state index is 0.144. The SMILES string of the molecule is CCOc1ccc(C2/C(=C(/O)c3ccc(F)cc3)C(=O)C(=O)N2c2nnc(SCc3ccccc3F)s2)cc1. The predicted octanol–water partition coefficient (Wildman–Crippen LogP) is 6.13. The number of aliphatic hydroxyl groups excluding tert-OH is 1. The highest BCUT2D eigenvalue weighted by Crippen LogP contribution is 2.44. The molecule has 1 saturated heterocycles. The zero-order valence-electron chi connectivity index (χ0n) is 20.5. The van der Waals surface area contributed by atoms with E-state index in [2.05, 4.69) is 10.2 Å². The van der Waals surface area contributed by atoms with Crippen molar-refractivity contribution in [3.63, 3.8) is 0 Å². The Morgan fingerprint density at radius 3 is 2.44 bits per heavy atom. The van der Waals surface area contributed by atoms with Gasteiger partial charge >= 0.3 is 5.91 Å². The molecule has 39 heavy (non-hydrogen) atoms. The first-order valence-corrected chi connectivity index (χ1v) is 13.7. The molecule has 11 heteroatoms. The molecule has 3 aromatic carbocycles. The fourth-order valence-corrected chi connectivity index (χ4v) is 5.99. The number of aliphatic hydroxyl groups is 1. The zero-order valence-corrected chi connectivity index (χ0v) is 22.1. The number of ether oxygens (including phenoxy) is 1. The monoisotopic (exact) mass is 565 g/mol. The van der Waals surface area contributed by atoms with Crippen LogP contribution in [0.25, 0.3) is 5.76 Å². The number of Topliss-reactive ketones (excluding diaryl/α,β-unsaturated/α-hetero) is 1. The van der Waals surface area contributed by atoms with E-state index >= 15 is 0 Å². The maximum atomic E-state index is 14.0. The van der Waals surface area contributed by atoms with E-state index in [1.165, 1.54) is 34.9 Å². The summed E-state index contributed by atoms with van der Waals surface area (Å²) in [7, 11) is 0. The molecule has 7 nitrogen and oxygen atoms in total. The van der Waals surface area contributed by atoms with Crippen LogP contribution in [0.15, 0.2) is 82.7 Å². The molecule has 1 fully saturated rings. The van der Waals surface area contributed by atoms with Gasteiger partial charge in [0.2, 0.25) is 5.13 Å². The quantitative estimate of drug-likeness (QED) is 0.0903. The maximum Gasteiger partial charge on any atom is 0.301 e. The Hall–Kier alpha value is -4.09. The third kappa shape index (κ3) is 5.41. The lowest BCUT2D eigenvalue weighted by molar-refractivity contribution is -0.132. The number of anilines is 1. The first kappa shape index (κ1) is 26.5. The standard InChI is InChI=1S/C28H21F2N3O4S2/c1-2-37-20-13-9-16(10-14-20)23-22(24(34)17-7-11-19(29)12-8-17)25(35)26(36)33(23)27-31-32-28(39-27)38-15-18-5-3-4-6-21(18)30/h3-14,23,34H,2,15H2,1H3/b24-22-. The highest BCUT2D eigenvalue weighted by molar-refractivity contribution is 8.00. The summed E-state index contributed by atoms with van der Waals surface area (Å²) in [5.74, 6) is -2.19. The van der Waals surface area contributed by atoms with E-state index in [-0.39, 0.29) is 22.1 Å². The van der Waals surface area contributed by atoms with Crippen LogP contribution in [0.2, 0.25) is 0 Å². The van der Waals surface area contributed by atoms with E-state index in [1.807, 2.05) is 6.92 Å². The number of aromatic nitrogens is 2. The van der Waals surface area contributed by atoms with Crippen LogP contribution in [0.1, 0.15) is 29.7 Å². The van der Waals surface area contributed by atoms with Crippen molar-refractivity contribution in [1.29, 1.82) is 0 Å². The van der Waals surface area contributed by atoms with Crippen molar-refractivity contribution in [2.75, 3.05) is 11.5 Å². The van der Waals surface area contributed by atoms with Gasteiger partial charge in [0, 0.05) is 11.3 Å². The molecule has 1 aliphatic rings. The van der Waals surface area contributed by atoms with Gasteiger partial charge in [-0.05, 0) is 60.5 Å². The lowest BCUT2D eigenvalue weighted by Crippen LogP contribution is -2.29. The molecule has 0 bridgehead atoms. The van der Waals surface area contributed by atoms with E-state index in [9.17, 15) is 23.5 Å². The van der Waals surface area contributed by atoms with Crippen LogP contribution in [-0.4, -0.2) is 33.6 Å². The minimum Gasteiger partial charge on any atom is -0.507 e. The summed E-state index contributed by atoms with van der Waals surface area (Å²) in [6.45, 7) is 2.31. The number of carbonyl (C=O) groups is 2. The zero-order chi connectivity index (χ0) is 27.5.